The summed E-state index contributed by atoms with van der Waals surface area (Å²) < 4.78 is 26.9. The maximum atomic E-state index is 12.8. The SMILES string of the molecule is COc1cc2c(cn1)C(=Cc1cc(OC)c(OCC(=O)O)c(OC)c1)C(C)=C2CC(=O)NCc1ccco1. The minimum atomic E-state index is -1.12. The fourth-order valence-electron chi connectivity index (χ4n) is 4.24. The van der Waals surface area contributed by atoms with E-state index in [-0.39, 0.29) is 18.1 Å². The maximum absolute atomic E-state index is 12.8. The zero-order chi connectivity index (χ0) is 27.2. The lowest BCUT2D eigenvalue weighted by atomic mass is 10.0. The van der Waals surface area contributed by atoms with E-state index in [2.05, 4.69) is 10.3 Å². The highest BCUT2D eigenvalue weighted by atomic mass is 16.5. The van der Waals surface area contributed by atoms with E-state index in [0.29, 0.717) is 29.7 Å². The Morgan fingerprint density at radius 1 is 1.08 bits per heavy atom. The van der Waals surface area contributed by atoms with Crippen LogP contribution >= 0.6 is 0 Å². The molecule has 1 amide bonds. The van der Waals surface area contributed by atoms with Gasteiger partial charge in [-0.15, -0.1) is 0 Å². The van der Waals surface area contributed by atoms with Crippen LogP contribution in [0.1, 0.15) is 35.8 Å². The van der Waals surface area contributed by atoms with E-state index in [1.807, 2.05) is 19.1 Å². The third-order valence-corrected chi connectivity index (χ3v) is 6.07. The predicted octanol–water partition coefficient (Wildman–Crippen LogP) is 4.20. The average Bonchev–Trinajstić information content (AvgIpc) is 3.53. The van der Waals surface area contributed by atoms with Crippen LogP contribution in [0.2, 0.25) is 0 Å². The maximum Gasteiger partial charge on any atom is 0.341 e. The largest absolute Gasteiger partial charge is 0.493 e. The summed E-state index contributed by atoms with van der Waals surface area (Å²) in [6.45, 7) is 1.71. The van der Waals surface area contributed by atoms with Crippen LogP contribution in [0.3, 0.4) is 0 Å². The number of allylic oxidation sites excluding steroid dienone is 2. The number of fused-ring (bicyclic) bond motifs is 1. The number of methoxy groups -OCH3 is 3. The summed E-state index contributed by atoms with van der Waals surface area (Å²) in [6.07, 6.45) is 5.36. The van der Waals surface area contributed by atoms with Gasteiger partial charge in [0.1, 0.15) is 5.76 Å². The van der Waals surface area contributed by atoms with Crippen molar-refractivity contribution in [2.24, 2.45) is 0 Å². The van der Waals surface area contributed by atoms with Gasteiger partial charge in [-0.3, -0.25) is 4.79 Å². The monoisotopic (exact) mass is 520 g/mol. The van der Waals surface area contributed by atoms with Crippen molar-refractivity contribution in [2.45, 2.75) is 19.9 Å². The second-order valence-corrected chi connectivity index (χ2v) is 8.40. The number of ether oxygens (including phenoxy) is 4. The molecule has 38 heavy (non-hydrogen) atoms. The summed E-state index contributed by atoms with van der Waals surface area (Å²) in [4.78, 5) is 28.2. The van der Waals surface area contributed by atoms with Gasteiger partial charge in [0, 0.05) is 17.8 Å². The van der Waals surface area contributed by atoms with Crippen molar-refractivity contribution < 1.29 is 38.1 Å². The van der Waals surface area contributed by atoms with Crippen molar-refractivity contribution in [1.82, 2.24) is 10.3 Å². The highest BCUT2D eigenvalue weighted by Gasteiger charge is 2.27. The molecule has 0 bridgehead atoms. The Balaban J connectivity index is 1.71. The number of hydrogen-bond donors (Lipinski definition) is 2. The van der Waals surface area contributed by atoms with Gasteiger partial charge in [0.2, 0.25) is 17.5 Å². The minimum Gasteiger partial charge on any atom is -0.493 e. The molecule has 2 heterocycles. The lowest BCUT2D eigenvalue weighted by Gasteiger charge is -2.15. The van der Waals surface area contributed by atoms with Crippen LogP contribution in [0, 0.1) is 0 Å². The second-order valence-electron chi connectivity index (χ2n) is 8.40. The molecule has 0 saturated heterocycles. The number of furan rings is 1. The van der Waals surface area contributed by atoms with E-state index in [9.17, 15) is 9.59 Å². The van der Waals surface area contributed by atoms with Crippen molar-refractivity contribution >= 4 is 29.1 Å². The summed E-state index contributed by atoms with van der Waals surface area (Å²) in [7, 11) is 4.47. The summed E-state index contributed by atoms with van der Waals surface area (Å²) in [5.41, 5.74) is 5.06. The van der Waals surface area contributed by atoms with Crippen molar-refractivity contribution in [3.63, 3.8) is 0 Å². The number of nitrogens with zero attached hydrogens (tertiary/aromatic N) is 1. The zero-order valence-electron chi connectivity index (χ0n) is 21.5. The summed E-state index contributed by atoms with van der Waals surface area (Å²) in [6, 6.07) is 8.84. The van der Waals surface area contributed by atoms with E-state index >= 15 is 0 Å². The molecular weight excluding hydrogens is 492 g/mol. The second kappa shape index (κ2) is 11.5. The number of carboxylic acid groups (broad SMARTS) is 1. The molecule has 0 saturated carbocycles. The van der Waals surface area contributed by atoms with Gasteiger partial charge in [0.25, 0.3) is 0 Å². The Bertz CT molecular complexity index is 1380. The molecule has 0 atom stereocenters. The molecule has 1 aliphatic carbocycles. The van der Waals surface area contributed by atoms with Gasteiger partial charge in [-0.05, 0) is 65.1 Å². The first-order valence-electron chi connectivity index (χ1n) is 11.7. The molecule has 0 unspecified atom stereocenters. The van der Waals surface area contributed by atoms with Crippen LogP contribution in [0.5, 0.6) is 23.1 Å². The number of nitrogens with one attached hydrogen (secondary N) is 1. The van der Waals surface area contributed by atoms with E-state index in [1.165, 1.54) is 14.2 Å². The first-order chi connectivity index (χ1) is 18.3. The van der Waals surface area contributed by atoms with Gasteiger partial charge < -0.3 is 33.8 Å². The first-order valence-corrected chi connectivity index (χ1v) is 11.7. The molecule has 10 nitrogen and oxygen atoms in total. The Morgan fingerprint density at radius 3 is 2.42 bits per heavy atom. The smallest absolute Gasteiger partial charge is 0.341 e. The molecule has 2 N–H and O–H groups in total. The number of carbonyl (C=O) groups is 2. The normalized spacial score (nSPS) is 13.3. The average molecular weight is 521 g/mol. The molecule has 10 heteroatoms. The van der Waals surface area contributed by atoms with Gasteiger partial charge in [-0.25, -0.2) is 9.78 Å². The highest BCUT2D eigenvalue weighted by molar-refractivity contribution is 6.08. The zero-order valence-corrected chi connectivity index (χ0v) is 21.5. The molecule has 0 fully saturated rings. The number of amides is 1. The minimum absolute atomic E-state index is 0.151. The molecule has 198 valence electrons. The topological polar surface area (TPSA) is 129 Å². The third kappa shape index (κ3) is 5.64. The number of pyridine rings is 1. The van der Waals surface area contributed by atoms with Gasteiger partial charge >= 0.3 is 5.97 Å². The number of aromatic nitrogens is 1. The fourth-order valence-corrected chi connectivity index (χ4v) is 4.24. The van der Waals surface area contributed by atoms with Crippen molar-refractivity contribution in [2.75, 3.05) is 27.9 Å². The Hall–Kier alpha value is -4.73. The molecule has 1 aliphatic rings. The number of carbonyl (C=O) groups excluding carboxylic acids is 1. The molecule has 0 spiro atoms. The van der Waals surface area contributed by atoms with Crippen LogP contribution in [0.25, 0.3) is 17.2 Å². The quantitative estimate of drug-likeness (QED) is 0.382. The molecule has 0 radical (unpaired) electrons. The fraction of sp³-hybridized carbons (Fsp3) is 0.250. The van der Waals surface area contributed by atoms with Crippen molar-refractivity contribution in [1.29, 1.82) is 0 Å². The highest BCUT2D eigenvalue weighted by Crippen LogP contribution is 2.45. The van der Waals surface area contributed by atoms with Gasteiger partial charge in [-0.2, -0.15) is 0 Å². The molecule has 0 aliphatic heterocycles. The number of aliphatic carboxylic acids is 1. The number of benzene rings is 1. The molecule has 1 aromatic carbocycles. The number of hydrogen-bond acceptors (Lipinski definition) is 8. The lowest BCUT2D eigenvalue weighted by molar-refractivity contribution is -0.139. The van der Waals surface area contributed by atoms with Crippen LogP contribution in [-0.2, 0) is 16.1 Å². The van der Waals surface area contributed by atoms with Gasteiger partial charge in [0.15, 0.2) is 18.1 Å². The molecule has 3 aromatic rings. The summed E-state index contributed by atoms with van der Waals surface area (Å²) in [5, 5.41) is 11.9. The predicted molar refractivity (Wildman–Crippen MR) is 139 cm³/mol. The Morgan fingerprint density at radius 2 is 1.82 bits per heavy atom. The van der Waals surface area contributed by atoms with Crippen LogP contribution in [-0.4, -0.2) is 49.9 Å². The first kappa shape index (κ1) is 26.3. The van der Waals surface area contributed by atoms with E-state index in [0.717, 1.165) is 33.4 Å². The van der Waals surface area contributed by atoms with Crippen LogP contribution in [0.15, 0.2) is 52.8 Å². The van der Waals surface area contributed by atoms with E-state index < -0.39 is 12.6 Å². The van der Waals surface area contributed by atoms with Crippen LogP contribution in [0.4, 0.5) is 0 Å². The molecular formula is C28H28N2O8. The van der Waals surface area contributed by atoms with E-state index in [1.54, 1.807) is 43.8 Å². The van der Waals surface area contributed by atoms with Gasteiger partial charge in [0.05, 0.1) is 40.6 Å². The Labute approximate surface area is 219 Å². The third-order valence-electron chi connectivity index (χ3n) is 6.07. The molecule has 4 rings (SSSR count). The van der Waals surface area contributed by atoms with Crippen molar-refractivity contribution in [3.8, 4) is 23.1 Å². The lowest BCUT2D eigenvalue weighted by Crippen LogP contribution is -2.22. The number of carboxylic acids is 1. The number of rotatable bonds is 11. The Kier molecular flexibility index (Phi) is 8.00. The van der Waals surface area contributed by atoms with Crippen molar-refractivity contribution in [3.05, 3.63) is 70.8 Å². The van der Waals surface area contributed by atoms with Crippen LogP contribution < -0.4 is 24.3 Å². The molecule has 2 aromatic heterocycles. The summed E-state index contributed by atoms with van der Waals surface area (Å²) >= 11 is 0. The summed E-state index contributed by atoms with van der Waals surface area (Å²) in [5.74, 6) is 0.675. The van der Waals surface area contributed by atoms with Gasteiger partial charge in [-0.1, -0.05) is 0 Å². The van der Waals surface area contributed by atoms with E-state index in [4.69, 9.17) is 28.5 Å². The standard InChI is InChI=1S/C28H28N2O8/c1-16-19(8-17-9-23(34-2)28(24(10-17)35-3)38-15-27(32)33)22-14-30-26(36-4)12-21(22)20(16)11-25(31)29-13-18-6-5-7-37-18/h5-10,12,14H,11,13,15H2,1-4H3,(H,29,31)(H,32,33).